The summed E-state index contributed by atoms with van der Waals surface area (Å²) in [5.41, 5.74) is 0. The van der Waals surface area contributed by atoms with Crippen molar-refractivity contribution in [3.8, 4) is 0 Å². The molecule has 43 heavy (non-hydrogen) atoms. The molecule has 0 spiro atoms. The number of halogens is 3. The summed E-state index contributed by atoms with van der Waals surface area (Å²) in [5.74, 6) is -1.76. The highest BCUT2D eigenvalue weighted by Crippen LogP contribution is 2.33. The molecule has 3 fully saturated rings. The van der Waals surface area contributed by atoms with E-state index < -0.39 is 12.1 Å². The third-order valence-electron chi connectivity index (χ3n) is 7.08. The number of amides is 4. The van der Waals surface area contributed by atoms with E-state index in [1.807, 2.05) is 11.8 Å². The van der Waals surface area contributed by atoms with E-state index in [2.05, 4.69) is 42.1 Å². The lowest BCUT2D eigenvalue weighted by atomic mass is 10.0. The fraction of sp³-hybridized carbons (Fsp3) is 0.846. The zero-order chi connectivity index (χ0) is 31.5. The van der Waals surface area contributed by atoms with Crippen LogP contribution in [0, 0.1) is 0 Å². The Hall–Kier alpha value is -2.34. The van der Waals surface area contributed by atoms with Gasteiger partial charge in [0.25, 0.3) is 0 Å². The summed E-state index contributed by atoms with van der Waals surface area (Å²) >= 11 is 1.90. The van der Waals surface area contributed by atoms with E-state index in [1.54, 1.807) is 0 Å². The standard InChI is InChI=1S/C24H46N8O3S.C2HF3O2/c33-21(6-2-1-5-20-23-19(18-36-20)30-24(35)31-23)28-12-13-29-22(34)17-32-15-4-9-26-11-10-25-7-3-8-27-14-16-32;3-2(4,5)1(6)7/h19-20,23,25-27H,1-18H2,(H,28,33)(H,29,34)(H2,30,31,35);(H,6,7)/t19-,20-,23-;/m0./s1. The first-order valence-electron chi connectivity index (χ1n) is 14.9. The zero-order valence-electron chi connectivity index (χ0n) is 24.5. The third-order valence-corrected chi connectivity index (χ3v) is 8.59. The van der Waals surface area contributed by atoms with Crippen LogP contribution in [0.25, 0.3) is 0 Å². The van der Waals surface area contributed by atoms with Crippen LogP contribution < -0.4 is 37.2 Å². The Morgan fingerprint density at radius 2 is 1.51 bits per heavy atom. The molecule has 0 aromatic carbocycles. The van der Waals surface area contributed by atoms with Crippen molar-refractivity contribution in [2.45, 2.75) is 62.0 Å². The highest BCUT2D eigenvalue weighted by Gasteiger charge is 2.42. The van der Waals surface area contributed by atoms with E-state index in [1.165, 1.54) is 0 Å². The van der Waals surface area contributed by atoms with E-state index in [4.69, 9.17) is 9.90 Å². The number of urea groups is 1. The van der Waals surface area contributed by atoms with Crippen molar-refractivity contribution in [3.63, 3.8) is 0 Å². The van der Waals surface area contributed by atoms with Crippen molar-refractivity contribution in [2.75, 3.05) is 77.7 Å². The molecule has 0 radical (unpaired) electrons. The predicted octanol–water partition coefficient (Wildman–Crippen LogP) is -0.557. The Labute approximate surface area is 255 Å². The highest BCUT2D eigenvalue weighted by atomic mass is 32.2. The van der Waals surface area contributed by atoms with Crippen molar-refractivity contribution < 1.29 is 37.5 Å². The van der Waals surface area contributed by atoms with Gasteiger partial charge in [0, 0.05) is 56.7 Å². The Morgan fingerprint density at radius 1 is 0.884 bits per heavy atom. The van der Waals surface area contributed by atoms with E-state index in [0.29, 0.717) is 31.3 Å². The monoisotopic (exact) mass is 640 g/mol. The number of thioether (sulfide) groups is 1. The number of carboxylic acids is 1. The summed E-state index contributed by atoms with van der Waals surface area (Å²) in [7, 11) is 0. The van der Waals surface area contributed by atoms with Crippen LogP contribution in [0.5, 0.6) is 0 Å². The molecule has 3 saturated heterocycles. The largest absolute Gasteiger partial charge is 0.490 e. The Morgan fingerprint density at radius 3 is 2.19 bits per heavy atom. The lowest BCUT2D eigenvalue weighted by molar-refractivity contribution is -0.192. The van der Waals surface area contributed by atoms with E-state index >= 15 is 0 Å². The topological polar surface area (TPSA) is 176 Å². The van der Waals surface area contributed by atoms with Crippen LogP contribution in [0.2, 0.25) is 0 Å². The van der Waals surface area contributed by atoms with Gasteiger partial charge in [-0.15, -0.1) is 0 Å². The quantitative estimate of drug-likeness (QED) is 0.114. The fourth-order valence-corrected chi connectivity index (χ4v) is 6.39. The summed E-state index contributed by atoms with van der Waals surface area (Å²) in [6.07, 6.45) is 0.339. The summed E-state index contributed by atoms with van der Waals surface area (Å²) in [5, 5.41) is 29.7. The van der Waals surface area contributed by atoms with Gasteiger partial charge < -0.3 is 42.3 Å². The summed E-state index contributed by atoms with van der Waals surface area (Å²) in [6.45, 7) is 8.80. The molecule has 0 unspecified atom stereocenters. The number of rotatable bonds is 10. The number of fused-ring (bicyclic) bond motifs is 1. The number of nitrogens with one attached hydrogen (secondary N) is 7. The zero-order valence-corrected chi connectivity index (χ0v) is 25.3. The Bertz CT molecular complexity index is 859. The third kappa shape index (κ3) is 16.3. The maximum atomic E-state index is 12.4. The van der Waals surface area contributed by atoms with Gasteiger partial charge in [-0.3, -0.25) is 14.5 Å². The van der Waals surface area contributed by atoms with Crippen molar-refractivity contribution in [3.05, 3.63) is 0 Å². The average molecular weight is 641 g/mol. The highest BCUT2D eigenvalue weighted by molar-refractivity contribution is 8.00. The fourth-order valence-electron chi connectivity index (χ4n) is 4.85. The summed E-state index contributed by atoms with van der Waals surface area (Å²) < 4.78 is 31.7. The molecule has 13 nitrogen and oxygen atoms in total. The molecule has 3 atom stereocenters. The van der Waals surface area contributed by atoms with Crippen LogP contribution in [-0.4, -0.2) is 135 Å². The number of carbonyl (C=O) groups excluding carboxylic acids is 3. The molecule has 3 heterocycles. The molecular weight excluding hydrogens is 593 g/mol. The number of nitrogens with zero attached hydrogens (tertiary/aromatic N) is 1. The predicted molar refractivity (Wildman–Crippen MR) is 158 cm³/mol. The van der Waals surface area contributed by atoms with Crippen molar-refractivity contribution in [2.24, 2.45) is 0 Å². The van der Waals surface area contributed by atoms with E-state index in [0.717, 1.165) is 90.2 Å². The van der Waals surface area contributed by atoms with E-state index in [-0.39, 0.29) is 29.9 Å². The number of carboxylic acid groups (broad SMARTS) is 1. The minimum absolute atomic E-state index is 0.00314. The van der Waals surface area contributed by atoms with Crippen LogP contribution >= 0.6 is 11.8 Å². The molecular formula is C26H47F3N8O5S. The van der Waals surface area contributed by atoms with Crippen LogP contribution in [0.15, 0.2) is 0 Å². The number of alkyl halides is 3. The van der Waals surface area contributed by atoms with Gasteiger partial charge >= 0.3 is 18.2 Å². The number of hydrogen-bond acceptors (Lipinski definition) is 9. The molecule has 3 rings (SSSR count). The summed E-state index contributed by atoms with van der Waals surface area (Å²) in [4.78, 5) is 47.1. The van der Waals surface area contributed by atoms with Gasteiger partial charge in [0.2, 0.25) is 11.8 Å². The van der Waals surface area contributed by atoms with Crippen LogP contribution in [-0.2, 0) is 14.4 Å². The number of aliphatic carboxylic acids is 1. The Balaban J connectivity index is 0.000000821. The molecule has 0 aromatic rings. The van der Waals surface area contributed by atoms with Crippen LogP contribution in [0.1, 0.15) is 38.5 Å². The Kier molecular flexibility index (Phi) is 17.6. The van der Waals surface area contributed by atoms with Crippen LogP contribution in [0.3, 0.4) is 0 Å². The molecule has 17 heteroatoms. The molecule has 0 aromatic heterocycles. The molecule has 0 bridgehead atoms. The first kappa shape index (κ1) is 36.8. The number of unbranched alkanes of at least 4 members (excludes halogenated alkanes) is 1. The lowest BCUT2D eigenvalue weighted by Gasteiger charge is -2.22. The molecule has 8 N–H and O–H groups in total. The molecule has 4 amide bonds. The van der Waals surface area contributed by atoms with Crippen molar-refractivity contribution in [1.29, 1.82) is 0 Å². The first-order valence-corrected chi connectivity index (χ1v) is 16.0. The first-order chi connectivity index (χ1) is 20.6. The second kappa shape index (κ2) is 20.6. The van der Waals surface area contributed by atoms with Gasteiger partial charge in [0.1, 0.15) is 0 Å². The molecule has 248 valence electrons. The smallest absolute Gasteiger partial charge is 0.475 e. The van der Waals surface area contributed by atoms with Gasteiger partial charge in [-0.25, -0.2) is 9.59 Å². The summed E-state index contributed by atoms with van der Waals surface area (Å²) in [6, 6.07) is 0.415. The molecule has 3 aliphatic rings. The van der Waals surface area contributed by atoms with Gasteiger partial charge in [0.05, 0.1) is 18.6 Å². The van der Waals surface area contributed by atoms with Crippen LogP contribution in [0.4, 0.5) is 18.0 Å². The SMILES string of the molecule is O=C(CCCC[C@@H]1SC[C@@H]2NC(=O)N[C@@H]21)NCCNC(=O)CN1CCCNCCNCCCNCC1.O=C(O)C(F)(F)F. The normalized spacial score (nSPS) is 23.9. The molecule has 0 aliphatic carbocycles. The van der Waals surface area contributed by atoms with Gasteiger partial charge in [-0.1, -0.05) is 6.42 Å². The maximum absolute atomic E-state index is 12.4. The minimum Gasteiger partial charge on any atom is -0.475 e. The average Bonchev–Trinajstić information content (AvgIpc) is 3.50. The lowest BCUT2D eigenvalue weighted by Crippen LogP contribution is -2.43. The van der Waals surface area contributed by atoms with Crippen molar-refractivity contribution >= 4 is 35.6 Å². The second-order valence-corrected chi connectivity index (χ2v) is 11.9. The van der Waals surface area contributed by atoms with Gasteiger partial charge in [0.15, 0.2) is 0 Å². The van der Waals surface area contributed by atoms with Gasteiger partial charge in [-0.05, 0) is 51.9 Å². The van der Waals surface area contributed by atoms with E-state index in [9.17, 15) is 27.6 Å². The van der Waals surface area contributed by atoms with Crippen molar-refractivity contribution in [1.82, 2.24) is 42.1 Å². The molecule has 3 aliphatic heterocycles. The second-order valence-electron chi connectivity index (χ2n) is 10.6. The van der Waals surface area contributed by atoms with Gasteiger partial charge in [-0.2, -0.15) is 24.9 Å². The number of hydrogen-bond donors (Lipinski definition) is 8. The maximum Gasteiger partial charge on any atom is 0.490 e. The number of carbonyl (C=O) groups is 4. The minimum atomic E-state index is -5.08. The molecule has 0 saturated carbocycles.